The van der Waals surface area contributed by atoms with Crippen molar-refractivity contribution in [3.8, 4) is 77.9 Å². The van der Waals surface area contributed by atoms with Crippen molar-refractivity contribution in [3.05, 3.63) is 231 Å². The van der Waals surface area contributed by atoms with Crippen molar-refractivity contribution in [2.45, 2.75) is 0 Å². The van der Waals surface area contributed by atoms with E-state index in [1.807, 2.05) is 0 Å². The first-order chi connectivity index (χ1) is 30.7. The van der Waals surface area contributed by atoms with E-state index in [4.69, 9.17) is 8.83 Å². The van der Waals surface area contributed by atoms with Crippen LogP contribution in [0.3, 0.4) is 0 Å². The average molecular weight is 791 g/mol. The third-order valence-electron chi connectivity index (χ3n) is 12.2. The third kappa shape index (κ3) is 6.12. The van der Waals surface area contributed by atoms with Gasteiger partial charge in [0.2, 0.25) is 0 Å². The molecule has 2 nitrogen and oxygen atoms in total. The Morgan fingerprint density at radius 1 is 0.194 bits per heavy atom. The molecule has 0 atom stereocenters. The highest BCUT2D eigenvalue weighted by Gasteiger charge is 2.24. The predicted octanol–water partition coefficient (Wildman–Crippen LogP) is 17.2. The topological polar surface area (TPSA) is 26.3 Å². The highest BCUT2D eigenvalue weighted by Crippen LogP contribution is 2.48. The van der Waals surface area contributed by atoms with Gasteiger partial charge in [0, 0.05) is 32.7 Å². The maximum atomic E-state index is 7.20. The van der Waals surface area contributed by atoms with Gasteiger partial charge in [-0.05, 0) is 104 Å². The molecule has 0 radical (unpaired) electrons. The van der Waals surface area contributed by atoms with E-state index in [2.05, 4.69) is 231 Å². The molecule has 0 aliphatic heterocycles. The first-order valence-electron chi connectivity index (χ1n) is 21.1. The summed E-state index contributed by atoms with van der Waals surface area (Å²) in [6.45, 7) is 0. The fourth-order valence-corrected chi connectivity index (χ4v) is 9.26. The monoisotopic (exact) mass is 790 g/mol. The summed E-state index contributed by atoms with van der Waals surface area (Å²) in [6.07, 6.45) is 0. The molecular weight excluding hydrogens is 753 g/mol. The van der Waals surface area contributed by atoms with Crippen LogP contribution >= 0.6 is 0 Å². The van der Waals surface area contributed by atoms with E-state index in [0.29, 0.717) is 0 Å². The van der Waals surface area contributed by atoms with Crippen LogP contribution in [0.2, 0.25) is 0 Å². The molecule has 10 aromatic carbocycles. The first-order valence-corrected chi connectivity index (χ1v) is 21.1. The summed E-state index contributed by atoms with van der Waals surface area (Å²) in [7, 11) is 0. The van der Waals surface area contributed by atoms with Crippen LogP contribution in [-0.2, 0) is 0 Å². The summed E-state index contributed by atoms with van der Waals surface area (Å²) >= 11 is 0. The van der Waals surface area contributed by atoms with Gasteiger partial charge in [0.15, 0.2) is 0 Å². The first kappa shape index (κ1) is 35.7. The third-order valence-corrected chi connectivity index (χ3v) is 12.2. The van der Waals surface area contributed by atoms with Crippen molar-refractivity contribution in [2.75, 3.05) is 0 Å². The van der Waals surface area contributed by atoms with Crippen LogP contribution in [0, 0.1) is 0 Å². The number of para-hydroxylation sites is 2. The zero-order chi connectivity index (χ0) is 41.0. The zero-order valence-corrected chi connectivity index (χ0v) is 33.8. The fourth-order valence-electron chi connectivity index (χ4n) is 9.26. The zero-order valence-electron chi connectivity index (χ0n) is 33.8. The smallest absolute Gasteiger partial charge is 0.147 e. The van der Waals surface area contributed by atoms with Crippen molar-refractivity contribution >= 4 is 43.9 Å². The highest BCUT2D eigenvalue weighted by molar-refractivity contribution is 6.24. The van der Waals surface area contributed by atoms with Gasteiger partial charge in [-0.1, -0.05) is 188 Å². The minimum absolute atomic E-state index is 0.812. The van der Waals surface area contributed by atoms with Crippen molar-refractivity contribution in [2.24, 2.45) is 0 Å². The standard InChI is InChI=1S/C60H38O2/c1-6-18-39(19-7-1)44-32-45(40-20-8-2-9-21-40)35-48(34-44)50-28-16-30-52-54-38-55-53-31-17-29-51(58(53)62-60(55)56(59(54)61-57(50)52)43-26-14-5-15-27-43)49-36-46(41-22-10-3-11-23-41)33-47(37-49)42-24-12-4-13-25-42/h1-38H. The molecule has 0 spiro atoms. The average Bonchev–Trinajstić information content (AvgIpc) is 3.92. The molecule has 290 valence electrons. The van der Waals surface area contributed by atoms with Gasteiger partial charge in [0.05, 0.1) is 5.56 Å². The molecule has 0 aliphatic rings. The second kappa shape index (κ2) is 14.8. The summed E-state index contributed by atoms with van der Waals surface area (Å²) in [4.78, 5) is 0. The van der Waals surface area contributed by atoms with Crippen LogP contribution in [0.15, 0.2) is 239 Å². The molecule has 0 N–H and O–H groups in total. The predicted molar refractivity (Wildman–Crippen MR) is 259 cm³/mol. The van der Waals surface area contributed by atoms with E-state index in [9.17, 15) is 0 Å². The van der Waals surface area contributed by atoms with E-state index >= 15 is 0 Å². The lowest BCUT2D eigenvalue weighted by Crippen LogP contribution is -1.86. The Hall–Kier alpha value is -8.20. The molecule has 62 heavy (non-hydrogen) atoms. The van der Waals surface area contributed by atoms with E-state index in [0.717, 1.165) is 99.5 Å². The molecule has 0 fully saturated rings. The van der Waals surface area contributed by atoms with Crippen LogP contribution in [0.25, 0.3) is 122 Å². The summed E-state index contributed by atoms with van der Waals surface area (Å²) in [6, 6.07) is 82.1. The largest absolute Gasteiger partial charge is 0.455 e. The molecule has 2 aromatic heterocycles. The minimum Gasteiger partial charge on any atom is -0.455 e. The van der Waals surface area contributed by atoms with Crippen LogP contribution in [0.4, 0.5) is 0 Å². The van der Waals surface area contributed by atoms with Gasteiger partial charge in [0.25, 0.3) is 0 Å². The Balaban J connectivity index is 1.10. The quantitative estimate of drug-likeness (QED) is 0.161. The van der Waals surface area contributed by atoms with Crippen LogP contribution in [0.1, 0.15) is 0 Å². The molecule has 2 heteroatoms. The van der Waals surface area contributed by atoms with E-state index in [1.165, 1.54) is 22.3 Å². The Bertz CT molecular complexity index is 3250. The van der Waals surface area contributed by atoms with Crippen molar-refractivity contribution in [1.29, 1.82) is 0 Å². The molecule has 2 heterocycles. The highest BCUT2D eigenvalue weighted by atomic mass is 16.3. The van der Waals surface area contributed by atoms with Crippen LogP contribution < -0.4 is 0 Å². The number of hydrogen-bond acceptors (Lipinski definition) is 2. The van der Waals surface area contributed by atoms with Gasteiger partial charge in [-0.2, -0.15) is 0 Å². The lowest BCUT2D eigenvalue weighted by molar-refractivity contribution is 0.659. The van der Waals surface area contributed by atoms with Gasteiger partial charge in [0.1, 0.15) is 22.3 Å². The number of rotatable bonds is 7. The molecule has 0 amide bonds. The van der Waals surface area contributed by atoms with Crippen LogP contribution in [-0.4, -0.2) is 0 Å². The number of furan rings is 2. The summed E-state index contributed by atoms with van der Waals surface area (Å²) in [5, 5.41) is 4.25. The van der Waals surface area contributed by atoms with Gasteiger partial charge in [-0.25, -0.2) is 0 Å². The lowest BCUT2D eigenvalue weighted by atomic mass is 9.92. The maximum Gasteiger partial charge on any atom is 0.147 e. The second-order valence-corrected chi connectivity index (χ2v) is 16.0. The molecule has 12 aromatic rings. The van der Waals surface area contributed by atoms with Gasteiger partial charge in [-0.3, -0.25) is 0 Å². The summed E-state index contributed by atoms with van der Waals surface area (Å²) in [5.74, 6) is 0. The normalized spacial score (nSPS) is 11.5. The number of fused-ring (bicyclic) bond motifs is 6. The molecule has 0 saturated heterocycles. The number of benzene rings is 10. The van der Waals surface area contributed by atoms with E-state index in [-0.39, 0.29) is 0 Å². The van der Waals surface area contributed by atoms with Gasteiger partial charge in [-0.15, -0.1) is 0 Å². The Morgan fingerprint density at radius 3 is 0.839 bits per heavy atom. The molecule has 0 aliphatic carbocycles. The van der Waals surface area contributed by atoms with Crippen molar-refractivity contribution < 1.29 is 8.83 Å². The molecule has 12 rings (SSSR count). The Morgan fingerprint density at radius 2 is 0.500 bits per heavy atom. The number of hydrogen-bond donors (Lipinski definition) is 0. The van der Waals surface area contributed by atoms with Gasteiger partial charge >= 0.3 is 0 Å². The summed E-state index contributed by atoms with van der Waals surface area (Å²) < 4.78 is 14.4. The SMILES string of the molecule is c1ccc(-c2cc(-c3ccccc3)cc(-c3cccc4c3oc3c(-c5ccccc5)c5oc6c(-c7cc(-c8ccccc8)cc(-c8ccccc8)c7)cccc6c5cc34)c2)cc1. The summed E-state index contributed by atoms with van der Waals surface area (Å²) in [5.41, 5.74) is 18.9. The molecule has 0 bridgehead atoms. The molecular formula is C60H38O2. The van der Waals surface area contributed by atoms with E-state index < -0.39 is 0 Å². The Labute approximate surface area is 359 Å². The maximum absolute atomic E-state index is 7.20. The molecule has 0 saturated carbocycles. The van der Waals surface area contributed by atoms with Gasteiger partial charge < -0.3 is 8.83 Å². The van der Waals surface area contributed by atoms with E-state index in [1.54, 1.807) is 0 Å². The Kier molecular flexibility index (Phi) is 8.53. The van der Waals surface area contributed by atoms with Crippen molar-refractivity contribution in [1.82, 2.24) is 0 Å². The molecule has 0 unspecified atom stereocenters. The van der Waals surface area contributed by atoms with Crippen LogP contribution in [0.5, 0.6) is 0 Å². The van der Waals surface area contributed by atoms with Crippen molar-refractivity contribution in [3.63, 3.8) is 0 Å². The second-order valence-electron chi connectivity index (χ2n) is 16.0. The lowest BCUT2D eigenvalue weighted by Gasteiger charge is -2.12. The minimum atomic E-state index is 0.812. The fraction of sp³-hybridized carbons (Fsp3) is 0.